The van der Waals surface area contributed by atoms with Crippen LogP contribution in [-0.4, -0.2) is 20.2 Å². The van der Waals surface area contributed by atoms with E-state index in [1.54, 1.807) is 0 Å². The molecule has 0 spiro atoms. The Balaban J connectivity index is 2.57. The van der Waals surface area contributed by atoms with Crippen molar-refractivity contribution >= 4 is 0 Å². The van der Waals surface area contributed by atoms with Crippen LogP contribution in [0.5, 0.6) is 5.75 Å². The minimum Gasteiger partial charge on any atom is -0.489 e. The van der Waals surface area contributed by atoms with E-state index in [4.69, 9.17) is 4.74 Å². The Morgan fingerprint density at radius 2 is 2.13 bits per heavy atom. The van der Waals surface area contributed by atoms with Crippen LogP contribution >= 0.6 is 0 Å². The van der Waals surface area contributed by atoms with Gasteiger partial charge in [0.15, 0.2) is 0 Å². The molecule has 0 radical (unpaired) electrons. The number of nitrogens with one attached hydrogen (secondary N) is 1. The number of aryl methyl sites for hydroxylation is 2. The van der Waals surface area contributed by atoms with E-state index in [9.17, 15) is 0 Å². The molecule has 0 aromatic heterocycles. The maximum Gasteiger partial charge on any atom is 0.122 e. The van der Waals surface area contributed by atoms with Crippen molar-refractivity contribution < 1.29 is 4.74 Å². The van der Waals surface area contributed by atoms with Crippen LogP contribution in [0.2, 0.25) is 0 Å². The first kappa shape index (κ1) is 11.8. The lowest BCUT2D eigenvalue weighted by Crippen LogP contribution is -2.14. The second-order valence-corrected chi connectivity index (χ2v) is 3.84. The molecule has 0 unspecified atom stereocenters. The number of hydrogen-bond acceptors (Lipinski definition) is 2. The van der Waals surface area contributed by atoms with Gasteiger partial charge in [0, 0.05) is 6.54 Å². The van der Waals surface area contributed by atoms with E-state index < -0.39 is 0 Å². The summed E-state index contributed by atoms with van der Waals surface area (Å²) in [5, 5.41) is 3.05. The first-order chi connectivity index (χ1) is 7.13. The number of benzene rings is 1. The van der Waals surface area contributed by atoms with Gasteiger partial charge in [0.25, 0.3) is 0 Å². The molecule has 2 nitrogen and oxygen atoms in total. The molecule has 2 heteroatoms. The first-order valence-corrected chi connectivity index (χ1v) is 5.15. The lowest BCUT2D eigenvalue weighted by atomic mass is 10.1. The highest BCUT2D eigenvalue weighted by molar-refractivity contribution is 5.36. The molecule has 1 N–H and O–H groups in total. The summed E-state index contributed by atoms with van der Waals surface area (Å²) in [7, 11) is 1.91. The van der Waals surface area contributed by atoms with Crippen molar-refractivity contribution in [3.05, 3.63) is 41.5 Å². The summed E-state index contributed by atoms with van der Waals surface area (Å²) in [6.45, 7) is 9.41. The minimum absolute atomic E-state index is 0.575. The third kappa shape index (κ3) is 3.76. The zero-order valence-corrected chi connectivity index (χ0v) is 9.76. The smallest absolute Gasteiger partial charge is 0.122 e. The van der Waals surface area contributed by atoms with Crippen LogP contribution in [0.1, 0.15) is 11.1 Å². The predicted molar refractivity (Wildman–Crippen MR) is 64.5 cm³/mol. The highest BCUT2D eigenvalue weighted by atomic mass is 16.5. The normalized spacial score (nSPS) is 10.1. The Labute approximate surface area is 92.0 Å². The van der Waals surface area contributed by atoms with Gasteiger partial charge in [0.05, 0.1) is 0 Å². The van der Waals surface area contributed by atoms with Crippen LogP contribution in [0, 0.1) is 13.8 Å². The van der Waals surface area contributed by atoms with Gasteiger partial charge in [-0.25, -0.2) is 0 Å². The number of likely N-dealkylation sites (N-methyl/N-ethyl adjacent to an activating group) is 1. The number of rotatable bonds is 5. The number of ether oxygens (including phenoxy) is 1. The summed E-state index contributed by atoms with van der Waals surface area (Å²) >= 11 is 0. The van der Waals surface area contributed by atoms with E-state index in [2.05, 4.69) is 43.9 Å². The Hall–Kier alpha value is -1.28. The fourth-order valence-corrected chi connectivity index (χ4v) is 1.34. The quantitative estimate of drug-likeness (QED) is 0.746. The molecule has 82 valence electrons. The zero-order valence-electron chi connectivity index (χ0n) is 9.76. The van der Waals surface area contributed by atoms with Crippen molar-refractivity contribution in [1.29, 1.82) is 0 Å². The Bertz CT molecular complexity index is 344. The summed E-state index contributed by atoms with van der Waals surface area (Å²) in [6.07, 6.45) is 0. The molecule has 1 rings (SSSR count). The van der Waals surface area contributed by atoms with Gasteiger partial charge in [0.2, 0.25) is 0 Å². The van der Waals surface area contributed by atoms with Crippen molar-refractivity contribution in [2.24, 2.45) is 0 Å². The van der Waals surface area contributed by atoms with Crippen molar-refractivity contribution in [2.75, 3.05) is 20.2 Å². The lowest BCUT2D eigenvalue weighted by molar-refractivity contribution is 0.346. The molecule has 0 saturated heterocycles. The van der Waals surface area contributed by atoms with Gasteiger partial charge in [0.1, 0.15) is 12.4 Å². The molecule has 0 atom stereocenters. The highest BCUT2D eigenvalue weighted by Crippen LogP contribution is 2.19. The zero-order chi connectivity index (χ0) is 11.3. The maximum atomic E-state index is 5.69. The van der Waals surface area contributed by atoms with Crippen LogP contribution in [0.4, 0.5) is 0 Å². The largest absolute Gasteiger partial charge is 0.489 e. The molecule has 0 heterocycles. The molecule has 1 aromatic carbocycles. The van der Waals surface area contributed by atoms with Gasteiger partial charge in [-0.15, -0.1) is 0 Å². The molecule has 15 heavy (non-hydrogen) atoms. The average molecular weight is 205 g/mol. The third-order valence-electron chi connectivity index (χ3n) is 2.20. The summed E-state index contributed by atoms with van der Waals surface area (Å²) < 4.78 is 5.69. The van der Waals surface area contributed by atoms with Crippen LogP contribution < -0.4 is 10.1 Å². The second-order valence-electron chi connectivity index (χ2n) is 3.84. The third-order valence-corrected chi connectivity index (χ3v) is 2.20. The van der Waals surface area contributed by atoms with Crippen LogP contribution in [-0.2, 0) is 0 Å². The molecule has 0 aliphatic rings. The SMILES string of the molecule is C=C(CNC)COc1cc(C)ccc1C. The molecule has 0 fully saturated rings. The van der Waals surface area contributed by atoms with E-state index in [-0.39, 0.29) is 0 Å². The van der Waals surface area contributed by atoms with E-state index in [0.29, 0.717) is 6.61 Å². The molecule has 0 aliphatic carbocycles. The fraction of sp³-hybridized carbons (Fsp3) is 0.385. The molecule has 1 aromatic rings. The topological polar surface area (TPSA) is 21.3 Å². The first-order valence-electron chi connectivity index (χ1n) is 5.15. The van der Waals surface area contributed by atoms with Gasteiger partial charge >= 0.3 is 0 Å². The monoisotopic (exact) mass is 205 g/mol. The van der Waals surface area contributed by atoms with Gasteiger partial charge in [-0.2, -0.15) is 0 Å². The number of hydrogen-bond donors (Lipinski definition) is 1. The van der Waals surface area contributed by atoms with E-state index >= 15 is 0 Å². The van der Waals surface area contributed by atoms with E-state index in [0.717, 1.165) is 23.4 Å². The van der Waals surface area contributed by atoms with Gasteiger partial charge in [-0.1, -0.05) is 18.7 Å². The van der Waals surface area contributed by atoms with Gasteiger partial charge < -0.3 is 10.1 Å². The standard InChI is InChI=1S/C13H19NO/c1-10-5-6-12(3)13(7-10)15-9-11(2)8-14-4/h5-7,14H,2,8-9H2,1,3-4H3. The molecule has 0 amide bonds. The van der Waals surface area contributed by atoms with Gasteiger partial charge in [-0.3, -0.25) is 0 Å². The minimum atomic E-state index is 0.575. The Kier molecular flexibility index (Phi) is 4.37. The molecule has 0 aliphatic heterocycles. The van der Waals surface area contributed by atoms with Crippen molar-refractivity contribution in [3.8, 4) is 5.75 Å². The highest BCUT2D eigenvalue weighted by Gasteiger charge is 2.00. The van der Waals surface area contributed by atoms with E-state index in [1.165, 1.54) is 5.56 Å². The Morgan fingerprint density at radius 3 is 2.80 bits per heavy atom. The van der Waals surface area contributed by atoms with Crippen molar-refractivity contribution in [3.63, 3.8) is 0 Å². The summed E-state index contributed by atoms with van der Waals surface area (Å²) in [4.78, 5) is 0. The van der Waals surface area contributed by atoms with Crippen LogP contribution in [0.25, 0.3) is 0 Å². The maximum absolute atomic E-state index is 5.69. The molecule has 0 saturated carbocycles. The van der Waals surface area contributed by atoms with Crippen LogP contribution in [0.15, 0.2) is 30.4 Å². The summed E-state index contributed by atoms with van der Waals surface area (Å²) in [6, 6.07) is 6.22. The molecular formula is C13H19NO. The Morgan fingerprint density at radius 1 is 1.40 bits per heavy atom. The van der Waals surface area contributed by atoms with E-state index in [1.807, 2.05) is 7.05 Å². The fourth-order valence-electron chi connectivity index (χ4n) is 1.34. The van der Waals surface area contributed by atoms with Gasteiger partial charge in [-0.05, 0) is 43.7 Å². The predicted octanol–water partition coefficient (Wildman–Crippen LogP) is 2.46. The molecule has 0 bridgehead atoms. The van der Waals surface area contributed by atoms with Crippen molar-refractivity contribution in [2.45, 2.75) is 13.8 Å². The summed E-state index contributed by atoms with van der Waals surface area (Å²) in [5.41, 5.74) is 3.44. The lowest BCUT2D eigenvalue weighted by Gasteiger charge is -2.11. The molecular weight excluding hydrogens is 186 g/mol. The van der Waals surface area contributed by atoms with Crippen LogP contribution in [0.3, 0.4) is 0 Å². The second kappa shape index (κ2) is 5.56. The van der Waals surface area contributed by atoms with Crippen molar-refractivity contribution in [1.82, 2.24) is 5.32 Å². The summed E-state index contributed by atoms with van der Waals surface area (Å²) in [5.74, 6) is 0.951. The average Bonchev–Trinajstić information content (AvgIpc) is 2.20.